The molecule has 1 heterocycles. The predicted molar refractivity (Wildman–Crippen MR) is 127 cm³/mol. The SMILES string of the molecule is CCOc1ccc(COc2ccc(NC(=O)Cn3nc(C4CC4)cc3C(F)F)cc2)cc1OCC. The first-order valence-electron chi connectivity index (χ1n) is 11.7. The molecule has 1 fully saturated rings. The molecule has 1 aliphatic rings. The van der Waals surface area contributed by atoms with Crippen LogP contribution >= 0.6 is 0 Å². The summed E-state index contributed by atoms with van der Waals surface area (Å²) in [5.74, 6) is 1.79. The van der Waals surface area contributed by atoms with Crippen LogP contribution < -0.4 is 19.5 Å². The van der Waals surface area contributed by atoms with Gasteiger partial charge in [0.2, 0.25) is 5.91 Å². The highest BCUT2D eigenvalue weighted by atomic mass is 19.3. The van der Waals surface area contributed by atoms with E-state index in [1.54, 1.807) is 24.3 Å². The number of rotatable bonds is 12. The molecule has 0 radical (unpaired) electrons. The van der Waals surface area contributed by atoms with Crippen molar-refractivity contribution in [3.05, 3.63) is 65.5 Å². The van der Waals surface area contributed by atoms with E-state index in [9.17, 15) is 13.6 Å². The molecule has 3 aromatic rings. The average molecular weight is 486 g/mol. The topological polar surface area (TPSA) is 74.6 Å². The number of halogens is 2. The zero-order valence-corrected chi connectivity index (χ0v) is 19.8. The quantitative estimate of drug-likeness (QED) is 0.356. The van der Waals surface area contributed by atoms with E-state index in [-0.39, 0.29) is 18.2 Å². The minimum absolute atomic E-state index is 0.229. The van der Waals surface area contributed by atoms with Crippen LogP contribution in [0.25, 0.3) is 0 Å². The van der Waals surface area contributed by atoms with Crippen molar-refractivity contribution in [2.75, 3.05) is 18.5 Å². The second-order valence-corrected chi connectivity index (χ2v) is 8.24. The summed E-state index contributed by atoms with van der Waals surface area (Å²) >= 11 is 0. The number of hydrogen-bond acceptors (Lipinski definition) is 5. The molecule has 2 aromatic carbocycles. The van der Waals surface area contributed by atoms with Gasteiger partial charge in [0.05, 0.1) is 18.9 Å². The van der Waals surface area contributed by atoms with Gasteiger partial charge >= 0.3 is 0 Å². The Bertz CT molecular complexity index is 1140. The van der Waals surface area contributed by atoms with Gasteiger partial charge in [-0.3, -0.25) is 9.48 Å². The molecule has 1 aliphatic carbocycles. The van der Waals surface area contributed by atoms with E-state index in [0.29, 0.717) is 48.5 Å². The first-order chi connectivity index (χ1) is 17.0. The zero-order chi connectivity index (χ0) is 24.8. The second kappa shape index (κ2) is 11.2. The third-order valence-corrected chi connectivity index (χ3v) is 5.49. The maximum atomic E-state index is 13.3. The van der Waals surface area contributed by atoms with Gasteiger partial charge in [-0.1, -0.05) is 6.07 Å². The Balaban J connectivity index is 1.32. The normalized spacial score (nSPS) is 13.1. The van der Waals surface area contributed by atoms with Gasteiger partial charge in [-0.2, -0.15) is 5.10 Å². The van der Waals surface area contributed by atoms with Gasteiger partial charge < -0.3 is 19.5 Å². The Morgan fingerprint density at radius 2 is 1.74 bits per heavy atom. The molecule has 9 heteroatoms. The van der Waals surface area contributed by atoms with Crippen molar-refractivity contribution >= 4 is 11.6 Å². The molecule has 35 heavy (non-hydrogen) atoms. The lowest BCUT2D eigenvalue weighted by Crippen LogP contribution is -2.21. The van der Waals surface area contributed by atoms with Gasteiger partial charge in [0, 0.05) is 11.6 Å². The highest BCUT2D eigenvalue weighted by Crippen LogP contribution is 2.40. The van der Waals surface area contributed by atoms with Gasteiger partial charge in [-0.25, -0.2) is 8.78 Å². The summed E-state index contributed by atoms with van der Waals surface area (Å²) in [4.78, 5) is 12.4. The molecule has 1 N–H and O–H groups in total. The van der Waals surface area contributed by atoms with Crippen molar-refractivity contribution in [2.24, 2.45) is 0 Å². The van der Waals surface area contributed by atoms with E-state index < -0.39 is 12.3 Å². The Labute approximate surface area is 203 Å². The van der Waals surface area contributed by atoms with Crippen LogP contribution in [0.4, 0.5) is 14.5 Å². The molecule has 0 unspecified atom stereocenters. The van der Waals surface area contributed by atoms with Crippen LogP contribution in [0.15, 0.2) is 48.5 Å². The molecular weight excluding hydrogens is 456 g/mol. The number of carbonyl (C=O) groups excluding carboxylic acids is 1. The molecule has 186 valence electrons. The third kappa shape index (κ3) is 6.49. The van der Waals surface area contributed by atoms with Crippen LogP contribution in [-0.4, -0.2) is 28.9 Å². The third-order valence-electron chi connectivity index (χ3n) is 5.49. The number of alkyl halides is 2. The van der Waals surface area contributed by atoms with Gasteiger partial charge in [0.25, 0.3) is 6.43 Å². The molecule has 7 nitrogen and oxygen atoms in total. The van der Waals surface area contributed by atoms with Gasteiger partial charge in [-0.15, -0.1) is 0 Å². The largest absolute Gasteiger partial charge is 0.490 e. The van der Waals surface area contributed by atoms with Crippen molar-refractivity contribution in [2.45, 2.75) is 52.2 Å². The number of hydrogen-bond donors (Lipinski definition) is 1. The smallest absolute Gasteiger partial charge is 0.280 e. The summed E-state index contributed by atoms with van der Waals surface area (Å²) in [6.07, 6.45) is -0.779. The summed E-state index contributed by atoms with van der Waals surface area (Å²) in [5.41, 5.74) is 1.87. The average Bonchev–Trinajstić information content (AvgIpc) is 3.60. The summed E-state index contributed by atoms with van der Waals surface area (Å²) < 4.78 is 44.8. The van der Waals surface area contributed by atoms with Crippen molar-refractivity contribution in [3.8, 4) is 17.2 Å². The van der Waals surface area contributed by atoms with Crippen LogP contribution in [0.3, 0.4) is 0 Å². The van der Waals surface area contributed by atoms with Crippen LogP contribution in [0.5, 0.6) is 17.2 Å². The maximum absolute atomic E-state index is 13.3. The molecular formula is C26H29F2N3O4. The number of nitrogens with zero attached hydrogens (tertiary/aromatic N) is 2. The van der Waals surface area contributed by atoms with E-state index >= 15 is 0 Å². The standard InChI is InChI=1S/C26H29F2N3O4/c1-3-33-23-12-5-17(13-24(23)34-4-2)16-35-20-10-8-19(9-11-20)29-25(32)15-31-22(26(27)28)14-21(30-31)18-6-7-18/h5,8-14,18,26H,3-4,6-7,15-16H2,1-2H3,(H,29,32). The summed E-state index contributed by atoms with van der Waals surface area (Å²) in [7, 11) is 0. The van der Waals surface area contributed by atoms with Gasteiger partial charge in [0.15, 0.2) is 11.5 Å². The molecule has 0 bridgehead atoms. The summed E-state index contributed by atoms with van der Waals surface area (Å²) in [5, 5.41) is 6.94. The van der Waals surface area contributed by atoms with Gasteiger partial charge in [-0.05, 0) is 74.7 Å². The molecule has 1 amide bonds. The molecule has 0 aliphatic heterocycles. The van der Waals surface area contributed by atoms with Crippen LogP contribution in [0.1, 0.15) is 56.0 Å². The maximum Gasteiger partial charge on any atom is 0.280 e. The predicted octanol–water partition coefficient (Wildman–Crippen LogP) is 5.71. The first-order valence-corrected chi connectivity index (χ1v) is 11.7. The van der Waals surface area contributed by atoms with E-state index in [1.165, 1.54) is 6.07 Å². The molecule has 1 aromatic heterocycles. The van der Waals surface area contributed by atoms with Crippen LogP contribution in [0.2, 0.25) is 0 Å². The number of aromatic nitrogens is 2. The van der Waals surface area contributed by atoms with Crippen molar-refractivity contribution in [1.29, 1.82) is 0 Å². The number of nitrogens with one attached hydrogen (secondary N) is 1. The van der Waals surface area contributed by atoms with Crippen molar-refractivity contribution in [3.63, 3.8) is 0 Å². The Kier molecular flexibility index (Phi) is 7.84. The fraction of sp³-hybridized carbons (Fsp3) is 0.385. The molecule has 0 atom stereocenters. The van der Waals surface area contributed by atoms with E-state index in [0.717, 1.165) is 23.1 Å². The summed E-state index contributed by atoms with van der Waals surface area (Å²) in [6, 6.07) is 13.9. The lowest BCUT2D eigenvalue weighted by molar-refractivity contribution is -0.117. The molecule has 0 spiro atoms. The highest BCUT2D eigenvalue weighted by molar-refractivity contribution is 5.90. The summed E-state index contributed by atoms with van der Waals surface area (Å²) in [6.45, 7) is 4.97. The first kappa shape index (κ1) is 24.5. The second-order valence-electron chi connectivity index (χ2n) is 8.24. The monoisotopic (exact) mass is 485 g/mol. The lowest BCUT2D eigenvalue weighted by atomic mass is 10.2. The Morgan fingerprint density at radius 1 is 1.03 bits per heavy atom. The van der Waals surface area contributed by atoms with Crippen molar-refractivity contribution < 1.29 is 27.8 Å². The van der Waals surface area contributed by atoms with E-state index in [4.69, 9.17) is 14.2 Å². The van der Waals surface area contributed by atoms with Crippen LogP contribution in [0, 0.1) is 0 Å². The number of benzene rings is 2. The highest BCUT2D eigenvalue weighted by Gasteiger charge is 2.29. The molecule has 4 rings (SSSR count). The number of anilines is 1. The zero-order valence-electron chi connectivity index (χ0n) is 19.8. The van der Waals surface area contributed by atoms with E-state index in [2.05, 4.69) is 10.4 Å². The minimum Gasteiger partial charge on any atom is -0.490 e. The Morgan fingerprint density at radius 3 is 2.40 bits per heavy atom. The number of amides is 1. The molecule has 0 saturated heterocycles. The fourth-order valence-electron chi connectivity index (χ4n) is 3.66. The number of ether oxygens (including phenoxy) is 3. The van der Waals surface area contributed by atoms with E-state index in [1.807, 2.05) is 32.0 Å². The fourth-order valence-corrected chi connectivity index (χ4v) is 3.66. The molecule has 1 saturated carbocycles. The number of carbonyl (C=O) groups is 1. The van der Waals surface area contributed by atoms with Crippen molar-refractivity contribution in [1.82, 2.24) is 9.78 Å². The lowest BCUT2D eigenvalue weighted by Gasteiger charge is -2.13. The minimum atomic E-state index is -2.68. The van der Waals surface area contributed by atoms with Crippen LogP contribution in [-0.2, 0) is 17.9 Å². The Hall–Kier alpha value is -3.62. The van der Waals surface area contributed by atoms with Gasteiger partial charge in [0.1, 0.15) is 24.6 Å².